The van der Waals surface area contributed by atoms with E-state index in [1.165, 1.54) is 24.3 Å². The summed E-state index contributed by atoms with van der Waals surface area (Å²) in [6, 6.07) is 14.1. The van der Waals surface area contributed by atoms with Crippen molar-refractivity contribution in [3.63, 3.8) is 0 Å². The number of sulfonamides is 1. The molecule has 0 atom stereocenters. The molecule has 0 saturated carbocycles. The summed E-state index contributed by atoms with van der Waals surface area (Å²) in [5.41, 5.74) is 1.09. The Morgan fingerprint density at radius 3 is 2.44 bits per heavy atom. The zero-order valence-corrected chi connectivity index (χ0v) is 15.6. The minimum Gasteiger partial charge on any atom is -0.320 e. The monoisotopic (exact) mass is 406 g/mol. The van der Waals surface area contributed by atoms with Crippen LogP contribution in [0.15, 0.2) is 54.6 Å². The summed E-state index contributed by atoms with van der Waals surface area (Å²) in [5.74, 6) is -1.06. The fourth-order valence-electron chi connectivity index (χ4n) is 2.15. The molecule has 0 fully saturated rings. The highest BCUT2D eigenvalue weighted by atomic mass is 32.2. The fourth-order valence-corrected chi connectivity index (χ4v) is 4.01. The van der Waals surface area contributed by atoms with Crippen LogP contribution in [0.25, 0.3) is 0 Å². The average Bonchev–Trinajstić information content (AvgIpc) is 3.12. The third kappa shape index (κ3) is 5.64. The maximum Gasteiger partial charge on any atom is 0.286 e. The summed E-state index contributed by atoms with van der Waals surface area (Å²) in [5, 5.41) is 10.6. The van der Waals surface area contributed by atoms with E-state index in [0.717, 1.165) is 11.3 Å². The molecule has 3 rings (SSSR count). The van der Waals surface area contributed by atoms with Crippen molar-refractivity contribution < 1.29 is 17.6 Å². The highest BCUT2D eigenvalue weighted by Crippen LogP contribution is 2.14. The minimum absolute atomic E-state index is 0.0589. The van der Waals surface area contributed by atoms with E-state index in [1.54, 1.807) is 24.3 Å². The van der Waals surface area contributed by atoms with E-state index < -0.39 is 21.7 Å². The van der Waals surface area contributed by atoms with Gasteiger partial charge in [-0.25, -0.2) is 17.5 Å². The van der Waals surface area contributed by atoms with Gasteiger partial charge in [0.05, 0.1) is 12.3 Å². The molecular weight excluding hydrogens is 391 g/mol. The molecule has 0 bridgehead atoms. The van der Waals surface area contributed by atoms with Gasteiger partial charge < -0.3 is 5.32 Å². The molecule has 0 spiro atoms. The molecule has 1 heterocycles. The lowest BCUT2D eigenvalue weighted by molar-refractivity contribution is 0.102. The zero-order valence-electron chi connectivity index (χ0n) is 13.9. The first kappa shape index (κ1) is 19.1. The Morgan fingerprint density at radius 2 is 1.74 bits per heavy atom. The molecule has 1 amide bonds. The van der Waals surface area contributed by atoms with Crippen LogP contribution >= 0.6 is 11.3 Å². The maximum absolute atomic E-state index is 12.9. The van der Waals surface area contributed by atoms with E-state index in [1.807, 2.05) is 6.07 Å². The molecular formula is C17H15FN4O3S2. The number of nitrogens with one attached hydrogen (secondary N) is 2. The summed E-state index contributed by atoms with van der Waals surface area (Å²) in [6.07, 6.45) is 0. The van der Waals surface area contributed by atoms with Crippen LogP contribution in [0, 0.1) is 5.82 Å². The van der Waals surface area contributed by atoms with Crippen molar-refractivity contribution in [3.05, 3.63) is 76.0 Å². The second-order valence-corrected chi connectivity index (χ2v) is 8.40. The number of aromatic nitrogens is 2. The zero-order chi connectivity index (χ0) is 19.3. The lowest BCUT2D eigenvalue weighted by Gasteiger charge is -2.04. The first-order valence-corrected chi connectivity index (χ1v) is 10.3. The van der Waals surface area contributed by atoms with Crippen molar-refractivity contribution in [1.82, 2.24) is 14.9 Å². The number of benzene rings is 2. The van der Waals surface area contributed by atoms with Gasteiger partial charge in [-0.1, -0.05) is 41.7 Å². The van der Waals surface area contributed by atoms with E-state index in [2.05, 4.69) is 20.2 Å². The van der Waals surface area contributed by atoms with E-state index in [9.17, 15) is 17.6 Å². The standard InChI is InChI=1S/C17H15FN4O3S2/c18-13-6-8-14(9-7-13)20-16(23)17-22-21-15(26-17)10-19-27(24,25)11-12-4-2-1-3-5-12/h1-9,19H,10-11H2,(H,20,23). The Morgan fingerprint density at radius 1 is 1.04 bits per heavy atom. The molecule has 140 valence electrons. The number of halogens is 1. The maximum atomic E-state index is 12.9. The molecule has 0 radical (unpaired) electrons. The van der Waals surface area contributed by atoms with Gasteiger partial charge in [-0.2, -0.15) is 0 Å². The van der Waals surface area contributed by atoms with Crippen LogP contribution in [0.4, 0.5) is 10.1 Å². The molecule has 2 N–H and O–H groups in total. The predicted molar refractivity (Wildman–Crippen MR) is 100 cm³/mol. The second kappa shape index (κ2) is 8.33. The van der Waals surface area contributed by atoms with Gasteiger partial charge in [-0.15, -0.1) is 10.2 Å². The van der Waals surface area contributed by atoms with E-state index in [4.69, 9.17) is 0 Å². The Kier molecular flexibility index (Phi) is 5.89. The van der Waals surface area contributed by atoms with Gasteiger partial charge in [0.15, 0.2) is 0 Å². The molecule has 0 unspecified atom stereocenters. The fraction of sp³-hybridized carbons (Fsp3) is 0.118. The van der Waals surface area contributed by atoms with Gasteiger partial charge in [-0.3, -0.25) is 4.79 Å². The third-order valence-corrected chi connectivity index (χ3v) is 5.63. The van der Waals surface area contributed by atoms with Crippen molar-refractivity contribution in [2.24, 2.45) is 0 Å². The van der Waals surface area contributed by atoms with E-state index in [-0.39, 0.29) is 17.3 Å². The van der Waals surface area contributed by atoms with Crippen molar-refractivity contribution in [1.29, 1.82) is 0 Å². The Balaban J connectivity index is 1.57. The molecule has 2 aromatic carbocycles. The van der Waals surface area contributed by atoms with Crippen LogP contribution < -0.4 is 10.0 Å². The number of anilines is 1. The van der Waals surface area contributed by atoms with Gasteiger partial charge in [-0.05, 0) is 29.8 Å². The first-order valence-electron chi connectivity index (χ1n) is 7.82. The number of amides is 1. The largest absolute Gasteiger partial charge is 0.320 e. The summed E-state index contributed by atoms with van der Waals surface area (Å²) in [6.45, 7) is -0.0589. The Labute approximate surface area is 159 Å². The third-order valence-electron chi connectivity index (χ3n) is 3.41. The van der Waals surface area contributed by atoms with Crippen molar-refractivity contribution in [3.8, 4) is 0 Å². The van der Waals surface area contributed by atoms with Crippen LogP contribution in [0.5, 0.6) is 0 Å². The molecule has 10 heteroatoms. The quantitative estimate of drug-likeness (QED) is 0.628. The highest BCUT2D eigenvalue weighted by molar-refractivity contribution is 7.88. The van der Waals surface area contributed by atoms with E-state index >= 15 is 0 Å². The molecule has 0 aliphatic heterocycles. The van der Waals surface area contributed by atoms with Gasteiger partial charge in [0, 0.05) is 5.69 Å². The molecule has 3 aromatic rings. The SMILES string of the molecule is O=C(Nc1ccc(F)cc1)c1nnc(CNS(=O)(=O)Cc2ccccc2)s1. The molecule has 7 nitrogen and oxygen atoms in total. The van der Waals surface area contributed by atoms with Gasteiger partial charge in [0.25, 0.3) is 5.91 Å². The topological polar surface area (TPSA) is 101 Å². The summed E-state index contributed by atoms with van der Waals surface area (Å²) >= 11 is 0.975. The van der Waals surface area contributed by atoms with E-state index in [0.29, 0.717) is 16.3 Å². The van der Waals surface area contributed by atoms with Crippen LogP contribution in [-0.2, 0) is 22.3 Å². The van der Waals surface area contributed by atoms with Crippen LogP contribution in [0.1, 0.15) is 20.4 Å². The number of rotatable bonds is 7. The molecule has 1 aromatic heterocycles. The number of carbonyl (C=O) groups excluding carboxylic acids is 1. The highest BCUT2D eigenvalue weighted by Gasteiger charge is 2.16. The van der Waals surface area contributed by atoms with Crippen LogP contribution in [0.3, 0.4) is 0 Å². The normalized spacial score (nSPS) is 11.3. The van der Waals surface area contributed by atoms with Crippen LogP contribution in [-0.4, -0.2) is 24.5 Å². The average molecular weight is 406 g/mol. The van der Waals surface area contributed by atoms with Gasteiger partial charge in [0.1, 0.15) is 10.8 Å². The molecule has 27 heavy (non-hydrogen) atoms. The molecule has 0 saturated heterocycles. The molecule has 0 aliphatic carbocycles. The lowest BCUT2D eigenvalue weighted by Crippen LogP contribution is -2.24. The van der Waals surface area contributed by atoms with Crippen molar-refractivity contribution >= 4 is 33.0 Å². The lowest BCUT2D eigenvalue weighted by atomic mass is 10.2. The number of carbonyl (C=O) groups is 1. The first-order chi connectivity index (χ1) is 12.9. The Hall–Kier alpha value is -2.69. The molecule has 0 aliphatic rings. The van der Waals surface area contributed by atoms with Gasteiger partial charge >= 0.3 is 0 Å². The van der Waals surface area contributed by atoms with Crippen molar-refractivity contribution in [2.45, 2.75) is 12.3 Å². The predicted octanol–water partition coefficient (Wildman–Crippen LogP) is 2.55. The number of hydrogen-bond donors (Lipinski definition) is 2. The van der Waals surface area contributed by atoms with Gasteiger partial charge in [0.2, 0.25) is 15.0 Å². The summed E-state index contributed by atoms with van der Waals surface area (Å²) in [7, 11) is -3.54. The number of hydrogen-bond acceptors (Lipinski definition) is 6. The van der Waals surface area contributed by atoms with Crippen LogP contribution in [0.2, 0.25) is 0 Å². The second-order valence-electron chi connectivity index (χ2n) is 5.53. The van der Waals surface area contributed by atoms with Crippen molar-refractivity contribution in [2.75, 3.05) is 5.32 Å². The minimum atomic E-state index is -3.54. The summed E-state index contributed by atoms with van der Waals surface area (Å²) in [4.78, 5) is 12.1. The number of nitrogens with zero attached hydrogens (tertiary/aromatic N) is 2. The smallest absolute Gasteiger partial charge is 0.286 e. The summed E-state index contributed by atoms with van der Waals surface area (Å²) < 4.78 is 39.6. The Bertz CT molecular complexity index is 1020.